The van der Waals surface area contributed by atoms with E-state index in [0.717, 1.165) is 22.3 Å². The molecule has 0 aliphatic carbocycles. The summed E-state index contributed by atoms with van der Waals surface area (Å²) in [5.41, 5.74) is 3.60. The first-order chi connectivity index (χ1) is 15.9. The molecule has 0 radical (unpaired) electrons. The average molecular weight is 448 g/mol. The number of nitrogens with zero attached hydrogens (tertiary/aromatic N) is 4. The number of rotatable bonds is 7. The van der Waals surface area contributed by atoms with Crippen LogP contribution in [0.5, 0.6) is 0 Å². The summed E-state index contributed by atoms with van der Waals surface area (Å²) in [6, 6.07) is 9.80. The topological polar surface area (TPSA) is 89.2 Å². The third-order valence-corrected chi connectivity index (χ3v) is 5.99. The van der Waals surface area contributed by atoms with Crippen molar-refractivity contribution < 1.29 is 9.59 Å². The van der Waals surface area contributed by atoms with Crippen molar-refractivity contribution in [2.45, 2.75) is 39.3 Å². The van der Waals surface area contributed by atoms with E-state index in [1.165, 1.54) is 4.57 Å². The zero-order valence-corrected chi connectivity index (χ0v) is 19.1. The van der Waals surface area contributed by atoms with Gasteiger partial charge in [-0.1, -0.05) is 29.8 Å². The average Bonchev–Trinajstić information content (AvgIpc) is 3.31. The van der Waals surface area contributed by atoms with Crippen LogP contribution in [0.1, 0.15) is 39.0 Å². The van der Waals surface area contributed by atoms with Gasteiger partial charge in [0.25, 0.3) is 11.5 Å². The molecule has 0 atom stereocenters. The second-order valence-corrected chi connectivity index (χ2v) is 8.53. The van der Waals surface area contributed by atoms with Crippen LogP contribution >= 0.6 is 0 Å². The van der Waals surface area contributed by atoms with Gasteiger partial charge in [0.15, 0.2) is 0 Å². The standard InChI is InChI=1S/C25H29N5O3/c1-18-6-3-7-19(14-18)15-22(31)29-13-8-21-20(17-29)16-28(2)25(33)23(21)24(32)26-9-4-11-30-12-5-10-27-30/h3,5-7,10,12,14,16H,4,8-9,11,13,15,17H2,1-2H3,(H,26,32). The lowest BCUT2D eigenvalue weighted by Crippen LogP contribution is -2.41. The number of hydrogen-bond donors (Lipinski definition) is 1. The number of benzene rings is 1. The van der Waals surface area contributed by atoms with Crippen molar-refractivity contribution in [1.29, 1.82) is 0 Å². The number of fused-ring (bicyclic) bond motifs is 1. The molecule has 3 aromatic rings. The van der Waals surface area contributed by atoms with Gasteiger partial charge in [-0.15, -0.1) is 0 Å². The first-order valence-electron chi connectivity index (χ1n) is 11.2. The molecular weight excluding hydrogens is 418 g/mol. The quantitative estimate of drug-likeness (QED) is 0.560. The van der Waals surface area contributed by atoms with Crippen molar-refractivity contribution in [3.8, 4) is 0 Å². The fraction of sp³-hybridized carbons (Fsp3) is 0.360. The monoisotopic (exact) mass is 447 g/mol. The molecule has 2 amide bonds. The van der Waals surface area contributed by atoms with E-state index >= 15 is 0 Å². The highest BCUT2D eigenvalue weighted by Crippen LogP contribution is 2.21. The summed E-state index contributed by atoms with van der Waals surface area (Å²) in [5, 5.41) is 7.02. The largest absolute Gasteiger partial charge is 0.352 e. The highest BCUT2D eigenvalue weighted by Gasteiger charge is 2.27. The zero-order valence-electron chi connectivity index (χ0n) is 19.1. The minimum atomic E-state index is -0.354. The fourth-order valence-electron chi connectivity index (χ4n) is 4.31. The summed E-state index contributed by atoms with van der Waals surface area (Å²) in [6.45, 7) is 4.04. The molecule has 172 valence electrons. The van der Waals surface area contributed by atoms with Gasteiger partial charge in [-0.3, -0.25) is 19.1 Å². The number of aromatic nitrogens is 3. The smallest absolute Gasteiger partial charge is 0.263 e. The number of aryl methyl sites for hydroxylation is 3. The Bertz CT molecular complexity index is 1210. The Morgan fingerprint density at radius 1 is 1.21 bits per heavy atom. The number of pyridine rings is 1. The molecule has 1 aliphatic heterocycles. The van der Waals surface area contributed by atoms with Crippen molar-refractivity contribution in [2.24, 2.45) is 7.05 Å². The molecule has 33 heavy (non-hydrogen) atoms. The maximum absolute atomic E-state index is 12.9. The van der Waals surface area contributed by atoms with E-state index in [2.05, 4.69) is 10.4 Å². The minimum absolute atomic E-state index is 0.0460. The van der Waals surface area contributed by atoms with Crippen LogP contribution < -0.4 is 10.9 Å². The molecule has 0 bridgehead atoms. The number of carbonyl (C=O) groups is 2. The SMILES string of the molecule is Cc1cccc(CC(=O)N2CCc3c(cn(C)c(=O)c3C(=O)NCCCn3cccn3)C2)c1. The van der Waals surface area contributed by atoms with Crippen LogP contribution in [0.4, 0.5) is 0 Å². The third kappa shape index (κ3) is 5.22. The first kappa shape index (κ1) is 22.5. The highest BCUT2D eigenvalue weighted by molar-refractivity contribution is 5.95. The van der Waals surface area contributed by atoms with Crippen LogP contribution in [0.3, 0.4) is 0 Å². The molecule has 0 saturated heterocycles. The predicted molar refractivity (Wildman–Crippen MR) is 125 cm³/mol. The van der Waals surface area contributed by atoms with Crippen LogP contribution in [0.25, 0.3) is 0 Å². The number of amides is 2. The molecule has 3 heterocycles. The normalized spacial score (nSPS) is 13.0. The molecule has 1 aromatic carbocycles. The lowest BCUT2D eigenvalue weighted by Gasteiger charge is -2.30. The summed E-state index contributed by atoms with van der Waals surface area (Å²) < 4.78 is 3.24. The maximum Gasteiger partial charge on any atom is 0.263 e. The third-order valence-electron chi connectivity index (χ3n) is 5.99. The predicted octanol–water partition coefficient (Wildman–Crippen LogP) is 1.84. The molecule has 1 aliphatic rings. The second kappa shape index (κ2) is 9.85. The number of carbonyl (C=O) groups excluding carboxylic acids is 2. The van der Waals surface area contributed by atoms with Gasteiger partial charge in [0.1, 0.15) is 5.56 Å². The van der Waals surface area contributed by atoms with Crippen molar-refractivity contribution in [3.05, 3.63) is 87.1 Å². The summed E-state index contributed by atoms with van der Waals surface area (Å²) in [6.07, 6.45) is 6.88. The van der Waals surface area contributed by atoms with Gasteiger partial charge < -0.3 is 14.8 Å². The Morgan fingerprint density at radius 2 is 2.06 bits per heavy atom. The van der Waals surface area contributed by atoms with Crippen LogP contribution in [-0.2, 0) is 37.8 Å². The van der Waals surface area contributed by atoms with Gasteiger partial charge in [0.2, 0.25) is 5.91 Å². The fourth-order valence-corrected chi connectivity index (χ4v) is 4.31. The molecule has 4 rings (SSSR count). The van der Waals surface area contributed by atoms with Crippen LogP contribution in [0, 0.1) is 6.92 Å². The molecule has 8 nitrogen and oxygen atoms in total. The van der Waals surface area contributed by atoms with Gasteiger partial charge in [-0.2, -0.15) is 5.10 Å². The molecule has 0 unspecified atom stereocenters. The second-order valence-electron chi connectivity index (χ2n) is 8.53. The van der Waals surface area contributed by atoms with Crippen LogP contribution in [0.15, 0.2) is 53.7 Å². The van der Waals surface area contributed by atoms with E-state index in [1.54, 1.807) is 29.0 Å². The lowest BCUT2D eigenvalue weighted by molar-refractivity contribution is -0.131. The van der Waals surface area contributed by atoms with Gasteiger partial charge in [-0.25, -0.2) is 0 Å². The van der Waals surface area contributed by atoms with Crippen molar-refractivity contribution in [3.63, 3.8) is 0 Å². The van der Waals surface area contributed by atoms with Crippen molar-refractivity contribution >= 4 is 11.8 Å². The van der Waals surface area contributed by atoms with E-state index in [9.17, 15) is 14.4 Å². The van der Waals surface area contributed by atoms with E-state index in [4.69, 9.17) is 0 Å². The van der Waals surface area contributed by atoms with E-state index in [0.29, 0.717) is 45.4 Å². The molecule has 1 N–H and O–H groups in total. The molecule has 0 spiro atoms. The number of hydrogen-bond acceptors (Lipinski definition) is 4. The minimum Gasteiger partial charge on any atom is -0.352 e. The Hall–Kier alpha value is -3.68. The van der Waals surface area contributed by atoms with Crippen molar-refractivity contribution in [1.82, 2.24) is 24.6 Å². The van der Waals surface area contributed by atoms with E-state index < -0.39 is 0 Å². The van der Waals surface area contributed by atoms with E-state index in [-0.39, 0.29) is 22.9 Å². The Balaban J connectivity index is 1.44. The van der Waals surface area contributed by atoms with Gasteiger partial charge >= 0.3 is 0 Å². The maximum atomic E-state index is 12.9. The molecule has 8 heteroatoms. The molecular formula is C25H29N5O3. The van der Waals surface area contributed by atoms with Gasteiger partial charge in [0.05, 0.1) is 6.42 Å². The van der Waals surface area contributed by atoms with E-state index in [1.807, 2.05) is 43.5 Å². The van der Waals surface area contributed by atoms with Gasteiger partial charge in [0, 0.05) is 51.8 Å². The first-order valence-corrected chi connectivity index (χ1v) is 11.2. The Labute approximate surface area is 192 Å². The summed E-state index contributed by atoms with van der Waals surface area (Å²) in [4.78, 5) is 40.4. The zero-order chi connectivity index (χ0) is 23.4. The summed E-state index contributed by atoms with van der Waals surface area (Å²) in [7, 11) is 1.64. The molecule has 2 aromatic heterocycles. The van der Waals surface area contributed by atoms with Crippen molar-refractivity contribution in [2.75, 3.05) is 13.1 Å². The van der Waals surface area contributed by atoms with Gasteiger partial charge in [-0.05, 0) is 42.5 Å². The van der Waals surface area contributed by atoms with Crippen LogP contribution in [0.2, 0.25) is 0 Å². The highest BCUT2D eigenvalue weighted by atomic mass is 16.2. The summed E-state index contributed by atoms with van der Waals surface area (Å²) >= 11 is 0. The lowest BCUT2D eigenvalue weighted by atomic mass is 9.95. The van der Waals surface area contributed by atoms with Crippen LogP contribution in [-0.4, -0.2) is 44.2 Å². The summed E-state index contributed by atoms with van der Waals surface area (Å²) in [5.74, 6) is -0.308. The number of nitrogens with one attached hydrogen (secondary N) is 1. The Kier molecular flexibility index (Phi) is 6.72. The molecule has 0 saturated carbocycles. The Morgan fingerprint density at radius 3 is 2.82 bits per heavy atom. The molecule has 0 fully saturated rings.